The minimum atomic E-state index is 0. The van der Waals surface area contributed by atoms with E-state index in [9.17, 15) is 0 Å². The molecule has 0 spiro atoms. The van der Waals surface area contributed by atoms with Gasteiger partial charge in [-0.15, -0.1) is 35.4 Å². The van der Waals surface area contributed by atoms with Gasteiger partial charge in [-0.2, -0.15) is 0 Å². The van der Waals surface area contributed by atoms with Crippen molar-refractivity contribution in [2.24, 2.45) is 9.98 Å². The molecule has 3 rings (SSSR count). The van der Waals surface area contributed by atoms with Crippen LogP contribution < -0.4 is 18.9 Å². The molecule has 0 aromatic heterocycles. The van der Waals surface area contributed by atoms with E-state index in [0.29, 0.717) is 0 Å². The Balaban J connectivity index is 0.00000261. The number of benzene rings is 3. The molecule has 0 aliphatic rings. The Hall–Kier alpha value is -2.40. The fourth-order valence-corrected chi connectivity index (χ4v) is 2.94. The number of hydrogen-bond acceptors (Lipinski definition) is 2. The molecular weight excluding hydrogens is 323 g/mol. The molecule has 3 aromatic rings. The van der Waals surface area contributed by atoms with Gasteiger partial charge in [-0.3, -0.25) is 9.98 Å². The molecular formula is C24H23LiN2. The SMILES string of the molecule is Cc1cccc(C)c1N=Cc1[c-]c(C=Nc2c(C)cccc2C)ccc1.[Li+]. The Labute approximate surface area is 174 Å². The topological polar surface area (TPSA) is 24.7 Å². The van der Waals surface area contributed by atoms with Crippen LogP contribution in [0.1, 0.15) is 33.4 Å². The Bertz CT molecular complexity index is 870. The second-order valence-electron chi connectivity index (χ2n) is 6.56. The minimum Gasteiger partial charge on any atom is -0.294 e. The summed E-state index contributed by atoms with van der Waals surface area (Å²) in [6.07, 6.45) is 3.73. The van der Waals surface area contributed by atoms with Crippen molar-refractivity contribution in [1.82, 2.24) is 0 Å². The van der Waals surface area contributed by atoms with Crippen molar-refractivity contribution in [1.29, 1.82) is 0 Å². The maximum atomic E-state index is 4.66. The van der Waals surface area contributed by atoms with Crippen LogP contribution in [0.25, 0.3) is 0 Å². The van der Waals surface area contributed by atoms with E-state index in [-0.39, 0.29) is 18.9 Å². The van der Waals surface area contributed by atoms with Crippen LogP contribution in [-0.4, -0.2) is 12.4 Å². The normalized spacial score (nSPS) is 11.1. The average Bonchev–Trinajstić information content (AvgIpc) is 2.61. The summed E-state index contributed by atoms with van der Waals surface area (Å²) >= 11 is 0. The second-order valence-corrected chi connectivity index (χ2v) is 6.56. The number of nitrogens with zero attached hydrogens (tertiary/aromatic N) is 2. The largest absolute Gasteiger partial charge is 1.00 e. The third kappa shape index (κ3) is 5.29. The van der Waals surface area contributed by atoms with Crippen molar-refractivity contribution in [3.8, 4) is 0 Å². The summed E-state index contributed by atoms with van der Waals surface area (Å²) < 4.78 is 0. The first-order valence-corrected chi connectivity index (χ1v) is 8.77. The fourth-order valence-electron chi connectivity index (χ4n) is 2.94. The molecule has 2 nitrogen and oxygen atoms in total. The van der Waals surface area contributed by atoms with Gasteiger partial charge in [0.25, 0.3) is 0 Å². The van der Waals surface area contributed by atoms with Gasteiger partial charge in [0, 0.05) is 0 Å². The van der Waals surface area contributed by atoms with Gasteiger partial charge in [0.2, 0.25) is 0 Å². The number of aliphatic imine (C=N–C) groups is 2. The van der Waals surface area contributed by atoms with E-state index in [2.05, 4.69) is 80.1 Å². The molecule has 3 heteroatoms. The van der Waals surface area contributed by atoms with E-state index in [1.165, 1.54) is 22.3 Å². The summed E-state index contributed by atoms with van der Waals surface area (Å²) in [6, 6.07) is 21.8. The summed E-state index contributed by atoms with van der Waals surface area (Å²) in [4.78, 5) is 9.32. The van der Waals surface area contributed by atoms with Gasteiger partial charge in [0.1, 0.15) is 0 Å². The smallest absolute Gasteiger partial charge is 0.294 e. The molecule has 27 heavy (non-hydrogen) atoms. The van der Waals surface area contributed by atoms with Gasteiger partial charge in [-0.1, -0.05) is 36.4 Å². The van der Waals surface area contributed by atoms with Crippen LogP contribution in [0.4, 0.5) is 11.4 Å². The van der Waals surface area contributed by atoms with Crippen molar-refractivity contribution in [2.45, 2.75) is 27.7 Å². The standard InChI is InChI=1S/C24H23N2.Li/c1-17-8-5-9-18(2)23(17)25-15-21-12-7-13-22(14-21)16-26-24-19(3)10-6-11-20(24)4;/h5-13,15-16H,1-4H3;/q-1;+1. The molecule has 0 unspecified atom stereocenters. The van der Waals surface area contributed by atoms with Crippen LogP contribution in [-0.2, 0) is 0 Å². The molecule has 0 atom stereocenters. The molecule has 0 saturated carbocycles. The average molecular weight is 346 g/mol. The van der Waals surface area contributed by atoms with E-state index in [1.807, 2.05) is 30.6 Å². The van der Waals surface area contributed by atoms with E-state index < -0.39 is 0 Å². The van der Waals surface area contributed by atoms with Crippen LogP contribution in [0.2, 0.25) is 0 Å². The Morgan fingerprint density at radius 2 is 0.926 bits per heavy atom. The summed E-state index contributed by atoms with van der Waals surface area (Å²) in [6.45, 7) is 8.32. The zero-order valence-corrected chi connectivity index (χ0v) is 16.7. The quantitative estimate of drug-likeness (QED) is 0.394. The molecule has 0 N–H and O–H groups in total. The first-order valence-electron chi connectivity index (χ1n) is 8.77. The van der Waals surface area contributed by atoms with Crippen molar-refractivity contribution < 1.29 is 18.9 Å². The van der Waals surface area contributed by atoms with Crippen molar-refractivity contribution >= 4 is 23.8 Å². The maximum absolute atomic E-state index is 4.66. The predicted molar refractivity (Wildman–Crippen MR) is 112 cm³/mol. The molecule has 0 heterocycles. The second kappa shape index (κ2) is 9.51. The van der Waals surface area contributed by atoms with Gasteiger partial charge in [-0.05, 0) is 62.4 Å². The molecule has 0 amide bonds. The number of aryl methyl sites for hydroxylation is 4. The molecule has 0 aliphatic heterocycles. The fraction of sp³-hybridized carbons (Fsp3) is 0.167. The third-order valence-electron chi connectivity index (χ3n) is 4.38. The molecule has 0 aliphatic carbocycles. The monoisotopic (exact) mass is 346 g/mol. The van der Waals surface area contributed by atoms with Gasteiger partial charge in [-0.25, -0.2) is 0 Å². The molecule has 130 valence electrons. The van der Waals surface area contributed by atoms with E-state index >= 15 is 0 Å². The predicted octanol–water partition coefficient (Wildman–Crippen LogP) is 3.23. The van der Waals surface area contributed by atoms with Crippen molar-refractivity contribution in [2.75, 3.05) is 0 Å². The summed E-state index contributed by atoms with van der Waals surface area (Å²) in [5.41, 5.74) is 8.63. The zero-order valence-electron chi connectivity index (χ0n) is 16.7. The molecule has 0 bridgehead atoms. The van der Waals surface area contributed by atoms with Gasteiger partial charge < -0.3 is 0 Å². The van der Waals surface area contributed by atoms with Crippen molar-refractivity contribution in [3.05, 3.63) is 94.0 Å². The van der Waals surface area contributed by atoms with Crippen LogP contribution in [0.5, 0.6) is 0 Å². The van der Waals surface area contributed by atoms with Crippen LogP contribution >= 0.6 is 0 Å². The van der Waals surface area contributed by atoms with Gasteiger partial charge >= 0.3 is 18.9 Å². The third-order valence-corrected chi connectivity index (χ3v) is 4.38. The first kappa shape index (κ1) is 20.9. The Kier molecular flexibility index (Phi) is 7.36. The Morgan fingerprint density at radius 3 is 1.30 bits per heavy atom. The minimum absolute atomic E-state index is 0. The maximum Gasteiger partial charge on any atom is 1.00 e. The summed E-state index contributed by atoms with van der Waals surface area (Å²) in [5.74, 6) is 0. The zero-order chi connectivity index (χ0) is 18.5. The van der Waals surface area contributed by atoms with E-state index in [4.69, 9.17) is 0 Å². The summed E-state index contributed by atoms with van der Waals surface area (Å²) in [5, 5.41) is 0. The molecule has 0 fully saturated rings. The van der Waals surface area contributed by atoms with E-state index in [1.54, 1.807) is 0 Å². The molecule has 0 saturated heterocycles. The van der Waals surface area contributed by atoms with E-state index in [0.717, 1.165) is 22.5 Å². The van der Waals surface area contributed by atoms with Crippen LogP contribution in [0.15, 0.2) is 64.6 Å². The van der Waals surface area contributed by atoms with Gasteiger partial charge in [0.05, 0.1) is 11.4 Å². The Morgan fingerprint density at radius 1 is 0.593 bits per heavy atom. The first-order chi connectivity index (χ1) is 12.5. The summed E-state index contributed by atoms with van der Waals surface area (Å²) in [7, 11) is 0. The number of rotatable bonds is 4. The number of para-hydroxylation sites is 2. The molecule has 0 radical (unpaired) electrons. The molecule has 3 aromatic carbocycles. The van der Waals surface area contributed by atoms with Gasteiger partial charge in [0.15, 0.2) is 0 Å². The van der Waals surface area contributed by atoms with Crippen LogP contribution in [0, 0.1) is 33.8 Å². The van der Waals surface area contributed by atoms with Crippen molar-refractivity contribution in [3.63, 3.8) is 0 Å². The number of hydrogen-bond donors (Lipinski definition) is 0. The van der Waals surface area contributed by atoms with Crippen LogP contribution in [0.3, 0.4) is 0 Å².